The fourth-order valence-electron chi connectivity index (χ4n) is 10.4. The second-order valence-electron chi connectivity index (χ2n) is 24.1. The van der Waals surface area contributed by atoms with Gasteiger partial charge in [0.15, 0.2) is 0 Å². The van der Waals surface area contributed by atoms with E-state index < -0.39 is 54.6 Å². The molecular formula is C60H109BrN2O8S2Si2Sn. The number of rotatable bonds is 35. The number of hydrogen-bond acceptors (Lipinski definition) is 8. The van der Waals surface area contributed by atoms with Crippen molar-refractivity contribution in [1.29, 1.82) is 0 Å². The summed E-state index contributed by atoms with van der Waals surface area (Å²) in [5.41, 5.74) is 3.45. The topological polar surface area (TPSA) is 112 Å². The van der Waals surface area contributed by atoms with Crippen molar-refractivity contribution < 1.29 is 35.8 Å². The fraction of sp³-hybridized carbons (Fsp3) is 0.733. The molecule has 0 aromatic heterocycles. The van der Waals surface area contributed by atoms with E-state index in [4.69, 9.17) is 18.9 Å². The average Bonchev–Trinajstić information content (AvgIpc) is 3.39. The van der Waals surface area contributed by atoms with Gasteiger partial charge < -0.3 is 18.9 Å². The zero-order chi connectivity index (χ0) is 56.7. The van der Waals surface area contributed by atoms with Crippen molar-refractivity contribution in [2.45, 2.75) is 186 Å². The van der Waals surface area contributed by atoms with Crippen molar-refractivity contribution in [3.05, 3.63) is 95.0 Å². The van der Waals surface area contributed by atoms with Gasteiger partial charge in [0.1, 0.15) is 0 Å². The standard InChI is InChI=1S/C24H41NO4SSi.C21H36BrNO4SSi.3C4H9.C3H5.Sn/c1-6-11-21-12-7-8-14-23(21)24(29-17-10-16-28-2)22-13-9-15-25(20-22)30(26,27)18-19-31(3,4)5;1-26-13-8-14-27-21(19-10-5-6-11-20(19)22)18-9-7-12-23(17-18)28(24,25)15-16-29(2,3)4;3*1-3-4-2;1-3-2;/h6-8,12,14,22,24H,1,9-11,13,15-20H2,2-5H3;5-6,10-11,18,21H,7-9,12-17H2,1-4H3;3*1,3-4H2,2H3;3H,1-2H2;. The number of ether oxygens (including phenoxy) is 4. The van der Waals surface area contributed by atoms with Crippen LogP contribution >= 0.6 is 15.9 Å². The Hall–Kier alpha value is -0.708. The molecule has 0 spiro atoms. The molecular weight excluding hydrogens is 1200 g/mol. The van der Waals surface area contributed by atoms with Gasteiger partial charge in [-0.15, -0.1) is 6.58 Å². The van der Waals surface area contributed by atoms with Crippen LogP contribution in [0.1, 0.15) is 127 Å². The van der Waals surface area contributed by atoms with Gasteiger partial charge in [-0.1, -0.05) is 104 Å². The van der Waals surface area contributed by atoms with Gasteiger partial charge in [0.2, 0.25) is 20.0 Å². The average molecular weight is 1310 g/mol. The van der Waals surface area contributed by atoms with Crippen molar-refractivity contribution in [2.24, 2.45) is 11.8 Å². The first-order valence-electron chi connectivity index (χ1n) is 29.3. The van der Waals surface area contributed by atoms with Crippen LogP contribution in [-0.2, 0) is 45.4 Å². The minimum Gasteiger partial charge on any atom is -0.385 e. The molecule has 2 aliphatic heterocycles. The van der Waals surface area contributed by atoms with Crippen LogP contribution in [0.15, 0.2) is 78.3 Å². The van der Waals surface area contributed by atoms with Gasteiger partial charge in [0.25, 0.3) is 0 Å². The van der Waals surface area contributed by atoms with Crippen molar-refractivity contribution in [1.82, 2.24) is 8.61 Å². The number of nitrogens with zero attached hydrogens (tertiary/aromatic N) is 2. The summed E-state index contributed by atoms with van der Waals surface area (Å²) in [6.07, 6.45) is 18.6. The van der Waals surface area contributed by atoms with E-state index in [0.717, 1.165) is 72.6 Å². The summed E-state index contributed by atoms with van der Waals surface area (Å²) >= 11 is 1.88. The summed E-state index contributed by atoms with van der Waals surface area (Å²) in [7, 11) is -5.90. The number of unbranched alkanes of at least 4 members (excludes halogenated alkanes) is 3. The van der Waals surface area contributed by atoms with Gasteiger partial charge in [0, 0.05) is 99.3 Å². The van der Waals surface area contributed by atoms with Crippen LogP contribution in [0.25, 0.3) is 0 Å². The number of hydrogen-bond donors (Lipinski definition) is 0. The van der Waals surface area contributed by atoms with Gasteiger partial charge >= 0.3 is 108 Å². The molecule has 2 aromatic rings. The summed E-state index contributed by atoms with van der Waals surface area (Å²) in [6.45, 7) is 33.1. The first-order chi connectivity index (χ1) is 36.1. The van der Waals surface area contributed by atoms with E-state index in [1.54, 1.807) is 36.1 Å². The van der Waals surface area contributed by atoms with Gasteiger partial charge in [-0.25, -0.2) is 25.4 Å². The smallest absolute Gasteiger partial charge is 0.213 e. The Morgan fingerprint density at radius 3 is 1.45 bits per heavy atom. The molecule has 16 heteroatoms. The van der Waals surface area contributed by atoms with Crippen LogP contribution < -0.4 is 0 Å². The number of methoxy groups -OCH3 is 2. The maximum absolute atomic E-state index is 13.1. The number of sulfonamides is 2. The molecule has 4 atom stereocenters. The van der Waals surface area contributed by atoms with Crippen molar-refractivity contribution in [2.75, 3.05) is 78.3 Å². The van der Waals surface area contributed by atoms with Gasteiger partial charge in [-0.05, 0) is 79.8 Å². The molecule has 438 valence electrons. The third-order valence-electron chi connectivity index (χ3n) is 15.0. The third-order valence-corrected chi connectivity index (χ3v) is 39.0. The van der Waals surface area contributed by atoms with Crippen molar-refractivity contribution in [3.8, 4) is 0 Å². The molecule has 0 radical (unpaired) electrons. The maximum Gasteiger partial charge on any atom is 0.213 e. The Kier molecular flexibility index (Phi) is 35.8. The zero-order valence-corrected chi connectivity index (χ0v) is 57.9. The molecule has 4 unspecified atom stereocenters. The van der Waals surface area contributed by atoms with Crippen LogP contribution in [0.4, 0.5) is 0 Å². The predicted molar refractivity (Wildman–Crippen MR) is 337 cm³/mol. The Balaban J connectivity index is 0.000000411. The molecule has 2 fully saturated rings. The summed E-state index contributed by atoms with van der Waals surface area (Å²) in [6, 6.07) is 18.0. The quantitative estimate of drug-likeness (QED) is 0.0381. The SMILES string of the molecule is C=CCc1ccccc1C(OCCCOC)C1CCCN(S(=O)(=O)CC[Si](C)(C)C)C1.C=C[CH2][Sn]([CH2]CCC)([CH2]CCC)[CH2]CCC.COCCCOC(c1ccccc1Br)C1CCCN(S(=O)(=O)CC[Si](C)(C)C)C1. The second-order valence-corrected chi connectivity index (χ2v) is 54.3. The molecule has 2 heterocycles. The number of halogens is 1. The molecule has 76 heavy (non-hydrogen) atoms. The summed E-state index contributed by atoms with van der Waals surface area (Å²) in [5.74, 6) is 0.821. The molecule has 4 rings (SSSR count). The monoisotopic (exact) mass is 1300 g/mol. The molecule has 0 bridgehead atoms. The summed E-state index contributed by atoms with van der Waals surface area (Å²) < 4.78 is 85.9. The van der Waals surface area contributed by atoms with Crippen molar-refractivity contribution in [3.63, 3.8) is 0 Å². The van der Waals surface area contributed by atoms with E-state index in [9.17, 15) is 16.8 Å². The molecule has 0 N–H and O–H groups in total. The number of piperidine rings is 2. The fourth-order valence-corrected chi connectivity index (χ4v) is 35.1. The molecule has 2 aliphatic rings. The Morgan fingerprint density at radius 1 is 0.632 bits per heavy atom. The molecule has 2 aromatic carbocycles. The molecule has 2 saturated heterocycles. The Labute approximate surface area is 481 Å². The predicted octanol–water partition coefficient (Wildman–Crippen LogP) is 15.8. The Morgan fingerprint density at radius 2 is 1.05 bits per heavy atom. The second kappa shape index (κ2) is 38.1. The largest absolute Gasteiger partial charge is 0.385 e. The van der Waals surface area contributed by atoms with Crippen LogP contribution in [0.3, 0.4) is 0 Å². The van der Waals surface area contributed by atoms with Crippen LogP contribution in [0.5, 0.6) is 0 Å². The van der Waals surface area contributed by atoms with Gasteiger partial charge in [-0.3, -0.25) is 0 Å². The first-order valence-corrected chi connectivity index (χ1v) is 48.8. The number of benzene rings is 2. The minimum absolute atomic E-state index is 0.122. The summed E-state index contributed by atoms with van der Waals surface area (Å²) in [4.78, 5) is 0. The molecule has 0 amide bonds. The van der Waals surface area contributed by atoms with Gasteiger partial charge in [0.05, 0.1) is 23.7 Å². The van der Waals surface area contributed by atoms with Gasteiger partial charge in [-0.2, -0.15) is 0 Å². The van der Waals surface area contributed by atoms with Crippen LogP contribution in [0.2, 0.25) is 69.1 Å². The summed E-state index contributed by atoms with van der Waals surface area (Å²) in [5, 5.41) is 0. The van der Waals surface area contributed by atoms with Crippen LogP contribution in [0, 0.1) is 11.8 Å². The maximum atomic E-state index is 13.1. The molecule has 0 aliphatic carbocycles. The minimum atomic E-state index is -3.24. The van der Waals surface area contributed by atoms with Crippen molar-refractivity contribution >= 4 is 70.5 Å². The molecule has 0 saturated carbocycles. The normalized spacial score (nSPS) is 17.9. The molecule has 10 nitrogen and oxygen atoms in total. The van der Waals surface area contributed by atoms with E-state index in [1.165, 1.54) is 48.5 Å². The van der Waals surface area contributed by atoms with E-state index in [1.807, 2.05) is 36.4 Å². The Bertz CT molecular complexity index is 2100. The zero-order valence-electron chi connectivity index (χ0n) is 49.9. The van der Waals surface area contributed by atoms with E-state index in [2.05, 4.69) is 113 Å². The number of allylic oxidation sites excluding steroid dienone is 2. The third kappa shape index (κ3) is 27.8. The van der Waals surface area contributed by atoms with E-state index >= 15 is 0 Å². The van der Waals surface area contributed by atoms with E-state index in [-0.39, 0.29) is 35.5 Å². The van der Waals surface area contributed by atoms with Crippen LogP contribution in [-0.4, -0.2) is 138 Å². The van der Waals surface area contributed by atoms with E-state index in [0.29, 0.717) is 52.6 Å². The first kappa shape index (κ1) is 71.4.